The van der Waals surface area contributed by atoms with Crippen LogP contribution < -0.4 is 0 Å². The van der Waals surface area contributed by atoms with E-state index < -0.39 is 29.0 Å². The van der Waals surface area contributed by atoms with Gasteiger partial charge in [-0.2, -0.15) is 13.2 Å². The van der Waals surface area contributed by atoms with E-state index in [1.165, 1.54) is 7.05 Å². The van der Waals surface area contributed by atoms with E-state index in [0.717, 1.165) is 17.0 Å². The van der Waals surface area contributed by atoms with Crippen LogP contribution in [0, 0.1) is 5.82 Å². The average molecular weight is 342 g/mol. The van der Waals surface area contributed by atoms with E-state index >= 15 is 0 Å². The van der Waals surface area contributed by atoms with Gasteiger partial charge < -0.3 is 4.90 Å². The number of nitrogens with zero attached hydrogens (tertiary/aromatic N) is 1. The van der Waals surface area contributed by atoms with Gasteiger partial charge in [0.05, 0.1) is 11.1 Å². The van der Waals surface area contributed by atoms with Crippen LogP contribution in [0.15, 0.2) is 18.2 Å². The lowest BCUT2D eigenvalue weighted by atomic mass is 10.1. The third kappa shape index (κ3) is 3.92. The van der Waals surface area contributed by atoms with Crippen molar-refractivity contribution in [2.24, 2.45) is 0 Å². The molecule has 0 spiro atoms. The number of hydrogen-bond donors (Lipinski definition) is 0. The molecule has 2 nitrogen and oxygen atoms in total. The molecule has 0 heterocycles. The molecular formula is C12H12BrF4NO. The maximum Gasteiger partial charge on any atom is 0.419 e. The van der Waals surface area contributed by atoms with Crippen LogP contribution in [-0.2, 0) is 6.18 Å². The Morgan fingerprint density at radius 1 is 1.42 bits per heavy atom. The number of halogens is 5. The summed E-state index contributed by atoms with van der Waals surface area (Å²) in [6.07, 6.45) is -4.82. The van der Waals surface area contributed by atoms with Gasteiger partial charge in [-0.25, -0.2) is 4.39 Å². The van der Waals surface area contributed by atoms with Gasteiger partial charge in [-0.15, -0.1) is 0 Å². The van der Waals surface area contributed by atoms with Crippen LogP contribution in [0.5, 0.6) is 0 Å². The highest BCUT2D eigenvalue weighted by Crippen LogP contribution is 2.32. The predicted octanol–water partition coefficient (Wildman–Crippen LogP) is 3.70. The lowest BCUT2D eigenvalue weighted by Crippen LogP contribution is -2.32. The van der Waals surface area contributed by atoms with E-state index in [1.54, 1.807) is 6.92 Å². The molecule has 0 bridgehead atoms. The minimum absolute atomic E-state index is 0.0460. The molecule has 0 saturated heterocycles. The maximum absolute atomic E-state index is 13.7. The summed E-state index contributed by atoms with van der Waals surface area (Å²) < 4.78 is 51.3. The van der Waals surface area contributed by atoms with Crippen LogP contribution in [0.25, 0.3) is 0 Å². The Bertz CT molecular complexity index is 473. The molecule has 0 aliphatic carbocycles. The fourth-order valence-electron chi connectivity index (χ4n) is 1.58. The molecule has 1 rings (SSSR count). The van der Waals surface area contributed by atoms with Crippen LogP contribution in [0.1, 0.15) is 22.8 Å². The van der Waals surface area contributed by atoms with Crippen molar-refractivity contribution in [1.82, 2.24) is 4.90 Å². The van der Waals surface area contributed by atoms with E-state index in [1.807, 2.05) is 0 Å². The zero-order chi connectivity index (χ0) is 14.8. The molecule has 0 radical (unpaired) electrons. The van der Waals surface area contributed by atoms with Crippen LogP contribution in [0.4, 0.5) is 17.6 Å². The second-order valence-corrected chi connectivity index (χ2v) is 5.69. The Labute approximate surface area is 116 Å². The highest BCUT2D eigenvalue weighted by Gasteiger charge is 2.36. The normalized spacial score (nSPS) is 13.2. The van der Waals surface area contributed by atoms with Gasteiger partial charge >= 0.3 is 6.18 Å². The number of hydrogen-bond acceptors (Lipinski definition) is 1. The molecular weight excluding hydrogens is 330 g/mol. The van der Waals surface area contributed by atoms with Gasteiger partial charge in [-0.1, -0.05) is 28.9 Å². The van der Waals surface area contributed by atoms with Crippen LogP contribution >= 0.6 is 15.9 Å². The Hall–Kier alpha value is -1.11. The number of alkyl halides is 4. The molecule has 0 fully saturated rings. The standard InChI is InChI=1S/C12H12BrF4NO/c1-7(13)6-18(2)11(19)8-4-3-5-9(10(8)14)12(15,16)17/h3-5,7H,6H2,1-2H3. The molecule has 1 aromatic carbocycles. The minimum Gasteiger partial charge on any atom is -0.341 e. The smallest absolute Gasteiger partial charge is 0.341 e. The Morgan fingerprint density at radius 2 is 2.00 bits per heavy atom. The summed E-state index contributed by atoms with van der Waals surface area (Å²) in [4.78, 5) is 13.0. The summed E-state index contributed by atoms with van der Waals surface area (Å²) in [5, 5.41) is 0. The van der Waals surface area contributed by atoms with Gasteiger partial charge in [0, 0.05) is 18.4 Å². The summed E-state index contributed by atoms with van der Waals surface area (Å²) in [6.45, 7) is 2.03. The van der Waals surface area contributed by atoms with E-state index in [-0.39, 0.29) is 11.4 Å². The van der Waals surface area contributed by atoms with Gasteiger partial charge in [0.1, 0.15) is 5.82 Å². The summed E-state index contributed by atoms with van der Waals surface area (Å²) in [5.41, 5.74) is -2.01. The minimum atomic E-state index is -4.82. The lowest BCUT2D eigenvalue weighted by molar-refractivity contribution is -0.140. The third-order valence-corrected chi connectivity index (χ3v) is 2.70. The van der Waals surface area contributed by atoms with Crippen LogP contribution in [0.2, 0.25) is 0 Å². The molecule has 19 heavy (non-hydrogen) atoms. The zero-order valence-electron chi connectivity index (χ0n) is 10.3. The van der Waals surface area contributed by atoms with E-state index in [0.29, 0.717) is 6.07 Å². The first kappa shape index (κ1) is 15.9. The van der Waals surface area contributed by atoms with Crippen molar-refractivity contribution >= 4 is 21.8 Å². The number of carbonyl (C=O) groups is 1. The molecule has 1 atom stereocenters. The predicted molar refractivity (Wildman–Crippen MR) is 66.8 cm³/mol. The quantitative estimate of drug-likeness (QED) is 0.606. The van der Waals surface area contributed by atoms with Gasteiger partial charge in [-0.3, -0.25) is 4.79 Å². The van der Waals surface area contributed by atoms with E-state index in [2.05, 4.69) is 15.9 Å². The largest absolute Gasteiger partial charge is 0.419 e. The fourth-order valence-corrected chi connectivity index (χ4v) is 2.02. The number of amides is 1. The second kappa shape index (κ2) is 5.90. The summed E-state index contributed by atoms with van der Waals surface area (Å²) in [7, 11) is 1.40. The Morgan fingerprint density at radius 3 is 2.47 bits per heavy atom. The molecule has 1 amide bonds. The molecule has 7 heteroatoms. The first-order valence-electron chi connectivity index (χ1n) is 5.39. The monoisotopic (exact) mass is 341 g/mol. The maximum atomic E-state index is 13.7. The van der Waals surface area contributed by atoms with Crippen molar-refractivity contribution < 1.29 is 22.4 Å². The third-order valence-electron chi connectivity index (χ3n) is 2.41. The molecule has 1 unspecified atom stereocenters. The van der Waals surface area contributed by atoms with Crippen molar-refractivity contribution in [1.29, 1.82) is 0 Å². The summed E-state index contributed by atoms with van der Waals surface area (Å²) in [6, 6.07) is 2.67. The lowest BCUT2D eigenvalue weighted by Gasteiger charge is -2.19. The van der Waals surface area contributed by atoms with Crippen molar-refractivity contribution in [3.05, 3.63) is 35.1 Å². The number of benzene rings is 1. The van der Waals surface area contributed by atoms with E-state index in [4.69, 9.17) is 0 Å². The first-order valence-corrected chi connectivity index (χ1v) is 6.31. The zero-order valence-corrected chi connectivity index (χ0v) is 11.8. The number of rotatable bonds is 3. The van der Waals surface area contributed by atoms with Gasteiger partial charge in [0.25, 0.3) is 5.91 Å². The second-order valence-electron chi connectivity index (χ2n) is 4.13. The van der Waals surface area contributed by atoms with Crippen LogP contribution in [-0.4, -0.2) is 29.2 Å². The topological polar surface area (TPSA) is 20.3 Å². The highest BCUT2D eigenvalue weighted by atomic mass is 79.9. The Balaban J connectivity index is 3.12. The molecule has 1 aromatic rings. The van der Waals surface area contributed by atoms with Gasteiger partial charge in [-0.05, 0) is 12.1 Å². The van der Waals surface area contributed by atoms with Crippen molar-refractivity contribution in [3.8, 4) is 0 Å². The highest BCUT2D eigenvalue weighted by molar-refractivity contribution is 9.09. The molecule has 106 valence electrons. The Kier molecular flexibility index (Phi) is 4.95. The van der Waals surface area contributed by atoms with Gasteiger partial charge in [0.15, 0.2) is 0 Å². The first-order chi connectivity index (χ1) is 8.64. The fraction of sp³-hybridized carbons (Fsp3) is 0.417. The van der Waals surface area contributed by atoms with Crippen LogP contribution in [0.3, 0.4) is 0 Å². The van der Waals surface area contributed by atoms with Crippen molar-refractivity contribution in [3.63, 3.8) is 0 Å². The van der Waals surface area contributed by atoms with Crippen molar-refractivity contribution in [2.75, 3.05) is 13.6 Å². The number of carbonyl (C=O) groups excluding carboxylic acids is 1. The average Bonchev–Trinajstić information content (AvgIpc) is 2.25. The molecule has 0 N–H and O–H groups in total. The molecule has 0 aromatic heterocycles. The van der Waals surface area contributed by atoms with Gasteiger partial charge in [0.2, 0.25) is 0 Å². The summed E-state index contributed by atoms with van der Waals surface area (Å²) >= 11 is 3.21. The molecule has 0 saturated carbocycles. The van der Waals surface area contributed by atoms with E-state index in [9.17, 15) is 22.4 Å². The van der Waals surface area contributed by atoms with Crippen molar-refractivity contribution in [2.45, 2.75) is 17.9 Å². The SMILES string of the molecule is CC(Br)CN(C)C(=O)c1cccc(C(F)(F)F)c1F. The molecule has 0 aliphatic heterocycles. The summed E-state index contributed by atoms with van der Waals surface area (Å²) in [5.74, 6) is -2.32. The molecule has 0 aliphatic rings.